The van der Waals surface area contributed by atoms with E-state index >= 15 is 0 Å². The molecule has 0 aliphatic rings. The molecule has 0 aliphatic heterocycles. The van der Waals surface area contributed by atoms with Crippen molar-refractivity contribution in [2.24, 2.45) is 5.73 Å². The van der Waals surface area contributed by atoms with Gasteiger partial charge in [0.2, 0.25) is 0 Å². The minimum absolute atomic E-state index is 0. The van der Waals surface area contributed by atoms with Crippen LogP contribution >= 0.6 is 12.4 Å². The zero-order valence-corrected chi connectivity index (χ0v) is 9.51. The highest BCUT2D eigenvalue weighted by molar-refractivity contribution is 5.85. The van der Waals surface area contributed by atoms with Crippen molar-refractivity contribution < 1.29 is 13.9 Å². The lowest BCUT2D eigenvalue weighted by Crippen LogP contribution is -2.12. The molecule has 5 heteroatoms. The Morgan fingerprint density at radius 3 is 2.00 bits per heavy atom. The van der Waals surface area contributed by atoms with Crippen molar-refractivity contribution in [3.8, 4) is 11.5 Å². The Bertz CT molecular complexity index is 287. The maximum absolute atomic E-state index is 12.3. The third-order valence-electron chi connectivity index (χ3n) is 1.97. The maximum Gasteiger partial charge on any atom is 0.122 e. The number of nitrogens with two attached hydrogens (primary N) is 1. The van der Waals surface area contributed by atoms with E-state index in [0.29, 0.717) is 17.1 Å². The fraction of sp³-hybridized carbons (Fsp3) is 0.400. The summed E-state index contributed by atoms with van der Waals surface area (Å²) in [6.07, 6.45) is 0. The van der Waals surface area contributed by atoms with Gasteiger partial charge in [0, 0.05) is 6.07 Å². The lowest BCUT2D eigenvalue weighted by atomic mass is 10.1. The van der Waals surface area contributed by atoms with Gasteiger partial charge in [-0.05, 0) is 17.7 Å². The van der Waals surface area contributed by atoms with Crippen molar-refractivity contribution in [1.29, 1.82) is 0 Å². The van der Waals surface area contributed by atoms with Gasteiger partial charge < -0.3 is 15.2 Å². The van der Waals surface area contributed by atoms with Crippen molar-refractivity contribution in [1.82, 2.24) is 0 Å². The first-order valence-electron chi connectivity index (χ1n) is 4.25. The highest BCUT2D eigenvalue weighted by atomic mass is 35.5. The van der Waals surface area contributed by atoms with Gasteiger partial charge in [-0.15, -0.1) is 12.4 Å². The summed E-state index contributed by atoms with van der Waals surface area (Å²) in [7, 11) is 3.08. The molecule has 0 fully saturated rings. The van der Waals surface area contributed by atoms with Crippen molar-refractivity contribution in [2.75, 3.05) is 20.9 Å². The molecule has 0 spiro atoms. The number of benzene rings is 1. The summed E-state index contributed by atoms with van der Waals surface area (Å²) in [5.74, 6) is 1.23. The molecule has 1 aromatic carbocycles. The topological polar surface area (TPSA) is 44.5 Å². The molecule has 0 aromatic heterocycles. The average molecular weight is 236 g/mol. The minimum atomic E-state index is -0.626. The Morgan fingerprint density at radius 2 is 1.67 bits per heavy atom. The van der Waals surface area contributed by atoms with Crippen LogP contribution < -0.4 is 15.2 Å². The van der Waals surface area contributed by atoms with Crippen molar-refractivity contribution in [3.05, 3.63) is 23.8 Å². The van der Waals surface area contributed by atoms with Gasteiger partial charge in [0.1, 0.15) is 18.2 Å². The Kier molecular flexibility index (Phi) is 6.05. The van der Waals surface area contributed by atoms with Gasteiger partial charge in [0.05, 0.1) is 20.3 Å². The quantitative estimate of drug-likeness (QED) is 0.869. The van der Waals surface area contributed by atoms with Crippen LogP contribution in [0.5, 0.6) is 11.5 Å². The summed E-state index contributed by atoms with van der Waals surface area (Å²) < 4.78 is 22.4. The van der Waals surface area contributed by atoms with Crippen LogP contribution in [0, 0.1) is 0 Å². The molecular weight excluding hydrogens is 221 g/mol. The van der Waals surface area contributed by atoms with Crippen molar-refractivity contribution in [3.63, 3.8) is 0 Å². The Morgan fingerprint density at radius 1 is 1.20 bits per heavy atom. The van der Waals surface area contributed by atoms with Crippen molar-refractivity contribution >= 4 is 12.4 Å². The first-order chi connectivity index (χ1) is 6.71. The summed E-state index contributed by atoms with van der Waals surface area (Å²) in [5.41, 5.74) is 6.23. The zero-order chi connectivity index (χ0) is 10.6. The van der Waals surface area contributed by atoms with E-state index in [4.69, 9.17) is 15.2 Å². The second kappa shape index (κ2) is 6.48. The molecule has 0 saturated carbocycles. The van der Waals surface area contributed by atoms with Gasteiger partial charge in [0.15, 0.2) is 0 Å². The second-order valence-corrected chi connectivity index (χ2v) is 2.91. The number of methoxy groups -OCH3 is 2. The molecule has 0 bridgehead atoms. The summed E-state index contributed by atoms with van der Waals surface area (Å²) in [6.45, 7) is -0.601. The lowest BCUT2D eigenvalue weighted by Gasteiger charge is -2.11. The van der Waals surface area contributed by atoms with Crippen LogP contribution in [0.1, 0.15) is 11.6 Å². The number of rotatable bonds is 4. The summed E-state index contributed by atoms with van der Waals surface area (Å²) in [5, 5.41) is 0. The zero-order valence-electron chi connectivity index (χ0n) is 8.70. The van der Waals surface area contributed by atoms with Gasteiger partial charge in [-0.2, -0.15) is 0 Å². The molecule has 1 aromatic rings. The summed E-state index contributed by atoms with van der Waals surface area (Å²) >= 11 is 0. The molecule has 15 heavy (non-hydrogen) atoms. The number of hydrogen-bond donors (Lipinski definition) is 1. The summed E-state index contributed by atoms with van der Waals surface area (Å²) in [4.78, 5) is 0. The second-order valence-electron chi connectivity index (χ2n) is 2.91. The fourth-order valence-electron chi connectivity index (χ4n) is 1.13. The third-order valence-corrected chi connectivity index (χ3v) is 1.97. The average Bonchev–Trinajstić information content (AvgIpc) is 2.27. The normalized spacial score (nSPS) is 11.5. The van der Waals surface area contributed by atoms with Crippen LogP contribution in [0.3, 0.4) is 0 Å². The molecular formula is C10H15ClFNO2. The molecule has 2 N–H and O–H groups in total. The SMILES string of the molecule is COc1cc(OC)cc([C@H](N)CF)c1.Cl. The molecule has 1 atom stereocenters. The maximum atomic E-state index is 12.3. The van der Waals surface area contributed by atoms with Crippen LogP contribution in [-0.2, 0) is 0 Å². The number of alkyl halides is 1. The van der Waals surface area contributed by atoms with E-state index < -0.39 is 12.7 Å². The lowest BCUT2D eigenvalue weighted by molar-refractivity contribution is 0.389. The number of halogens is 2. The molecule has 3 nitrogen and oxygen atoms in total. The third kappa shape index (κ3) is 3.57. The molecule has 0 heterocycles. The van der Waals surface area contributed by atoms with E-state index in [9.17, 15) is 4.39 Å². The molecule has 0 radical (unpaired) electrons. The van der Waals surface area contributed by atoms with Gasteiger partial charge in [-0.1, -0.05) is 0 Å². The number of hydrogen-bond acceptors (Lipinski definition) is 3. The first-order valence-corrected chi connectivity index (χ1v) is 4.25. The molecule has 0 aliphatic carbocycles. The fourth-order valence-corrected chi connectivity index (χ4v) is 1.13. The molecule has 0 saturated heterocycles. The van der Waals surface area contributed by atoms with Crippen LogP contribution in [0.4, 0.5) is 4.39 Å². The standard InChI is InChI=1S/C10H14FNO2.ClH/c1-13-8-3-7(10(12)6-11)4-9(5-8)14-2;/h3-5,10H,6,12H2,1-2H3;1H/t10-;/m1./s1. The predicted octanol–water partition coefficient (Wildman–Crippen LogP) is 2.09. The Hall–Kier alpha value is -1.00. The van der Waals surface area contributed by atoms with E-state index in [1.165, 1.54) is 0 Å². The highest BCUT2D eigenvalue weighted by Crippen LogP contribution is 2.25. The highest BCUT2D eigenvalue weighted by Gasteiger charge is 2.08. The van der Waals surface area contributed by atoms with Gasteiger partial charge in [0.25, 0.3) is 0 Å². The molecule has 1 rings (SSSR count). The van der Waals surface area contributed by atoms with Crippen LogP contribution in [0.15, 0.2) is 18.2 Å². The Balaban J connectivity index is 0.00000196. The van der Waals surface area contributed by atoms with E-state index in [0.717, 1.165) is 0 Å². The van der Waals surface area contributed by atoms with E-state index in [1.54, 1.807) is 32.4 Å². The monoisotopic (exact) mass is 235 g/mol. The van der Waals surface area contributed by atoms with Crippen molar-refractivity contribution in [2.45, 2.75) is 6.04 Å². The predicted molar refractivity (Wildman–Crippen MR) is 59.7 cm³/mol. The summed E-state index contributed by atoms with van der Waals surface area (Å²) in [6, 6.07) is 4.49. The Labute approximate surface area is 94.8 Å². The molecule has 0 unspecified atom stereocenters. The van der Waals surface area contributed by atoms with Gasteiger partial charge >= 0.3 is 0 Å². The van der Waals surface area contributed by atoms with Crippen LogP contribution in [-0.4, -0.2) is 20.9 Å². The molecule has 0 amide bonds. The van der Waals surface area contributed by atoms with Gasteiger partial charge in [-0.3, -0.25) is 0 Å². The van der Waals surface area contributed by atoms with Crippen LogP contribution in [0.2, 0.25) is 0 Å². The van der Waals surface area contributed by atoms with E-state index in [2.05, 4.69) is 0 Å². The van der Waals surface area contributed by atoms with E-state index in [1.807, 2.05) is 0 Å². The van der Waals surface area contributed by atoms with Crippen LogP contribution in [0.25, 0.3) is 0 Å². The van der Waals surface area contributed by atoms with Gasteiger partial charge in [-0.25, -0.2) is 4.39 Å². The minimum Gasteiger partial charge on any atom is -0.497 e. The smallest absolute Gasteiger partial charge is 0.122 e. The van der Waals surface area contributed by atoms with E-state index in [-0.39, 0.29) is 12.4 Å². The number of ether oxygens (including phenoxy) is 2. The largest absolute Gasteiger partial charge is 0.497 e. The first kappa shape index (κ1) is 14.0. The molecule has 86 valence electrons.